The summed E-state index contributed by atoms with van der Waals surface area (Å²) < 4.78 is 46.0. The van der Waals surface area contributed by atoms with Crippen molar-refractivity contribution < 1.29 is 52.4 Å². The van der Waals surface area contributed by atoms with Crippen molar-refractivity contribution >= 4 is 94.8 Å². The van der Waals surface area contributed by atoms with Crippen LogP contribution in [0.2, 0.25) is 0 Å². The van der Waals surface area contributed by atoms with Crippen molar-refractivity contribution in [1.29, 1.82) is 0 Å². The van der Waals surface area contributed by atoms with E-state index in [-0.39, 0.29) is 72.9 Å². The number of Topliss-reactive ketones (excluding diaryl/α,β-unsaturated/α-hetero) is 5. The standard InChI is InChI=1S/C22H26N4O2.2C21H21N5O2.C21H24N4O3.C20H20N6O2/c1-14(2)26-19(10-11-25-26)17-7-5-4-6-16(17)12-28-20-9-8-18-22(24-13-23-18)21(20)15(3)27;1-13(2)26-17(8-10-24-26)20-16(5-4-9-22-20)12-28-18-7-6-15-11-23-25-21(15)19(18)14(3)27;1-13(2)26-17(8-10-25-26)20-15(5-4-9-22-20)11-28-18-7-6-16-21(24-12-23-16)19(18)14(3)27;1-13(2)25-18(6-8-23-25)17-12-27-9-7-16(17)11-28-19-5-4-15-10-22-24-21(15)20(19)14(3)26;1-12(2)26-16(6-7-24-26)20-15(21-8-9-22-20)11-28-17-5-4-14-10-23-25-19(14)18(17)13(3)27/h8-11,13-14H,4-7,12H2,1-3H3,(H,23,24);4-11,13H,12H2,1-3H3,(H,23,25);4-10,12-13H,11H2,1-3H3,(H,23,24);4-6,8,10,13H,7,9,11-12H2,1-3H3,(H,22,24);4-10,12H,11H2,1-3H3,(H,23,25). The molecule has 35 nitrogen and oxygen atoms in total. The van der Waals surface area contributed by atoms with Crippen LogP contribution in [0, 0.1) is 0 Å². The van der Waals surface area contributed by atoms with Gasteiger partial charge in [0.05, 0.1) is 105 Å². The average molecular weight is 1890 g/mol. The Morgan fingerprint density at radius 3 is 1.08 bits per heavy atom. The Morgan fingerprint density at radius 1 is 0.336 bits per heavy atom. The van der Waals surface area contributed by atoms with E-state index in [0.29, 0.717) is 128 Å². The molecule has 0 fully saturated rings. The number of carbonyl (C=O) groups is 5. The van der Waals surface area contributed by atoms with E-state index in [1.807, 2.05) is 128 Å². The number of aromatic nitrogens is 24. The van der Waals surface area contributed by atoms with Crippen molar-refractivity contribution in [2.75, 3.05) is 26.4 Å². The highest BCUT2D eigenvalue weighted by molar-refractivity contribution is 6.11. The topological polar surface area (TPSA) is 425 Å². The molecule has 718 valence electrons. The van der Waals surface area contributed by atoms with E-state index in [2.05, 4.69) is 176 Å². The monoisotopic (exact) mass is 1880 g/mol. The molecular formula is C105H112N24O11. The molecule has 5 aromatic carbocycles. The predicted octanol–water partition coefficient (Wildman–Crippen LogP) is 20.7. The zero-order chi connectivity index (χ0) is 98.4. The normalized spacial score (nSPS) is 12.7. The Labute approximate surface area is 807 Å². The van der Waals surface area contributed by atoms with Gasteiger partial charge in [-0.3, -0.25) is 82.6 Å². The summed E-state index contributed by atoms with van der Waals surface area (Å²) in [6, 6.07) is 37.3. The van der Waals surface area contributed by atoms with Crippen LogP contribution >= 0.6 is 0 Å². The summed E-state index contributed by atoms with van der Waals surface area (Å²) in [6.07, 6.45) is 29.4. The van der Waals surface area contributed by atoms with Crippen LogP contribution in [-0.4, -0.2) is 175 Å². The molecule has 0 saturated carbocycles. The van der Waals surface area contributed by atoms with Gasteiger partial charge in [0.25, 0.3) is 0 Å². The second kappa shape index (κ2) is 43.8. The predicted molar refractivity (Wildman–Crippen MR) is 533 cm³/mol. The zero-order valence-corrected chi connectivity index (χ0v) is 80.9. The Bertz CT molecular complexity index is 6960. The van der Waals surface area contributed by atoms with Crippen molar-refractivity contribution in [3.05, 3.63) is 269 Å². The molecule has 5 N–H and O–H groups in total. The molecule has 13 aromatic heterocycles. The quantitative estimate of drug-likeness (QED) is 0.0261. The fourth-order valence-corrected chi connectivity index (χ4v) is 17.4. The molecule has 140 heavy (non-hydrogen) atoms. The molecule has 0 atom stereocenters. The summed E-state index contributed by atoms with van der Waals surface area (Å²) in [5.41, 5.74) is 22.0. The van der Waals surface area contributed by atoms with Crippen LogP contribution in [0.5, 0.6) is 28.7 Å². The van der Waals surface area contributed by atoms with Gasteiger partial charge in [0.15, 0.2) is 28.9 Å². The van der Waals surface area contributed by atoms with Gasteiger partial charge >= 0.3 is 0 Å². The molecule has 1 aliphatic carbocycles. The maximum absolute atomic E-state index is 12.2. The van der Waals surface area contributed by atoms with Crippen molar-refractivity contribution in [1.82, 2.24) is 119 Å². The van der Waals surface area contributed by atoms with Crippen LogP contribution in [0.4, 0.5) is 0 Å². The molecule has 0 bridgehead atoms. The third-order valence-corrected chi connectivity index (χ3v) is 24.0. The van der Waals surface area contributed by atoms with Crippen LogP contribution in [0.25, 0.3) is 100 Å². The number of fused-ring (bicyclic) bond motifs is 5. The number of aromatic amines is 5. The number of hydrogen-bond acceptors (Lipinski definition) is 25. The van der Waals surface area contributed by atoms with Crippen molar-refractivity contribution in [3.8, 4) is 62.9 Å². The summed E-state index contributed by atoms with van der Waals surface area (Å²) in [5, 5.41) is 45.7. The van der Waals surface area contributed by atoms with Crippen LogP contribution in [0.15, 0.2) is 213 Å². The minimum atomic E-state index is -0.107. The molecule has 0 radical (unpaired) electrons. The number of ether oxygens (including phenoxy) is 6. The lowest BCUT2D eigenvalue weighted by atomic mass is 9.90. The Morgan fingerprint density at radius 2 is 0.671 bits per heavy atom. The van der Waals surface area contributed by atoms with Gasteiger partial charge in [0, 0.05) is 137 Å². The van der Waals surface area contributed by atoms with Crippen molar-refractivity contribution in [2.24, 2.45) is 0 Å². The maximum Gasteiger partial charge on any atom is 0.165 e. The molecule has 35 heteroatoms. The highest BCUT2D eigenvalue weighted by Crippen LogP contribution is 2.40. The Balaban J connectivity index is 0.000000126. The third kappa shape index (κ3) is 21.3. The van der Waals surface area contributed by atoms with Gasteiger partial charge in [-0.2, -0.15) is 40.8 Å². The Hall–Kier alpha value is -16.3. The number of hydrogen-bond donors (Lipinski definition) is 5. The largest absolute Gasteiger partial charge is 0.488 e. The number of carbonyl (C=O) groups excluding carboxylic acids is 5. The molecule has 0 spiro atoms. The third-order valence-electron chi connectivity index (χ3n) is 24.0. The highest BCUT2D eigenvalue weighted by Gasteiger charge is 2.28. The van der Waals surface area contributed by atoms with E-state index in [4.69, 9.17) is 28.4 Å². The van der Waals surface area contributed by atoms with Gasteiger partial charge in [0.2, 0.25) is 0 Å². The number of ketones is 5. The second-order valence-electron chi connectivity index (χ2n) is 35.3. The molecule has 18 aromatic rings. The summed E-state index contributed by atoms with van der Waals surface area (Å²) >= 11 is 0. The smallest absolute Gasteiger partial charge is 0.165 e. The number of nitrogens with zero attached hydrogens (tertiary/aromatic N) is 19. The maximum atomic E-state index is 12.2. The molecule has 0 unspecified atom stereocenters. The highest BCUT2D eigenvalue weighted by atomic mass is 16.5. The molecule has 14 heterocycles. The van der Waals surface area contributed by atoms with Gasteiger partial charge in [-0.25, -0.2) is 9.97 Å². The molecule has 0 amide bonds. The average Bonchev–Trinajstić information content (AvgIpc) is 1.51. The van der Waals surface area contributed by atoms with Crippen molar-refractivity contribution in [2.45, 2.75) is 186 Å². The number of pyridine rings is 2. The first-order valence-corrected chi connectivity index (χ1v) is 46.7. The number of nitrogens with one attached hydrogen (secondary N) is 5. The number of benzene rings is 5. The first-order chi connectivity index (χ1) is 67.8. The van der Waals surface area contributed by atoms with E-state index >= 15 is 0 Å². The van der Waals surface area contributed by atoms with E-state index in [1.165, 1.54) is 56.5 Å². The van der Waals surface area contributed by atoms with Gasteiger partial charge in [-0.1, -0.05) is 12.1 Å². The molecule has 0 saturated heterocycles. The SMILES string of the molecule is CC(=O)c1c(OCC2=C(c3ccnn3C(C)C)CCCC2)ccc2[nH]cnc12.CC(=O)c1c(OCC2=C(c3ccnn3C(C)C)COCC2)ccc2c[nH]nc12.CC(=O)c1c(OCc2cccnc2-c2ccnn2C(C)C)ccc2[nH]cnc12.CC(=O)c1c(OCc2cccnc2-c2ccnn2C(C)C)ccc2c[nH]nc12.CC(=O)c1c(OCc2nccnc2-c2ccnn2C(C)C)ccc2c[nH]nc12. The van der Waals surface area contributed by atoms with Gasteiger partial charge in [-0.15, -0.1) is 0 Å². The van der Waals surface area contributed by atoms with Crippen LogP contribution in [0.1, 0.15) is 246 Å². The number of imidazole rings is 2. The minimum absolute atomic E-state index is 0.0385. The van der Waals surface area contributed by atoms with Crippen molar-refractivity contribution in [3.63, 3.8) is 0 Å². The fraction of sp³-hybridized carbons (Fsp3) is 0.305. The lowest BCUT2D eigenvalue weighted by Gasteiger charge is -2.23. The summed E-state index contributed by atoms with van der Waals surface area (Å²) in [7, 11) is 0. The van der Waals surface area contributed by atoms with E-state index in [1.54, 1.807) is 93.7 Å². The van der Waals surface area contributed by atoms with E-state index in [9.17, 15) is 24.0 Å². The summed E-state index contributed by atoms with van der Waals surface area (Å²) in [6.45, 7) is 31.4. The second-order valence-corrected chi connectivity index (χ2v) is 35.3. The lowest BCUT2D eigenvalue weighted by molar-refractivity contribution is 0.100. The first kappa shape index (κ1) is 96.8. The van der Waals surface area contributed by atoms with Crippen LogP contribution in [-0.2, 0) is 24.6 Å². The number of rotatable bonds is 30. The van der Waals surface area contributed by atoms with Crippen LogP contribution < -0.4 is 23.7 Å². The first-order valence-electron chi connectivity index (χ1n) is 46.7. The summed E-state index contributed by atoms with van der Waals surface area (Å²) in [5.74, 6) is 2.28. The number of allylic oxidation sites excluding steroid dienone is 1. The fourth-order valence-electron chi connectivity index (χ4n) is 17.4. The van der Waals surface area contributed by atoms with E-state index in [0.717, 1.165) is 104 Å². The van der Waals surface area contributed by atoms with Gasteiger partial charge in [0.1, 0.15) is 101 Å². The molecule has 2 aliphatic rings. The van der Waals surface area contributed by atoms with E-state index < -0.39 is 0 Å². The summed E-state index contributed by atoms with van der Waals surface area (Å²) in [4.78, 5) is 93.7. The lowest BCUT2D eigenvalue weighted by Crippen LogP contribution is -2.18. The molecule has 1 aliphatic heterocycles. The minimum Gasteiger partial charge on any atom is -0.488 e. The van der Waals surface area contributed by atoms with Gasteiger partial charge < -0.3 is 38.4 Å². The Kier molecular flexibility index (Phi) is 30.3. The van der Waals surface area contributed by atoms with Crippen LogP contribution in [0.3, 0.4) is 0 Å². The van der Waals surface area contributed by atoms with Gasteiger partial charge in [-0.05, 0) is 256 Å². The molecular weight excluding hydrogens is 1770 g/mol. The zero-order valence-electron chi connectivity index (χ0n) is 80.9. The molecule has 20 rings (SSSR count). The number of H-pyrrole nitrogens is 5.